The van der Waals surface area contributed by atoms with Gasteiger partial charge in [0.15, 0.2) is 0 Å². The second-order valence-electron chi connectivity index (χ2n) is 5.12. The molecule has 0 heterocycles. The predicted molar refractivity (Wildman–Crippen MR) is 79.0 cm³/mol. The summed E-state index contributed by atoms with van der Waals surface area (Å²) in [6.45, 7) is 5.50. The third-order valence-electron chi connectivity index (χ3n) is 3.84. The fourth-order valence-electron chi connectivity index (χ4n) is 2.64. The Morgan fingerprint density at radius 3 is 2.72 bits per heavy atom. The van der Waals surface area contributed by atoms with Crippen LogP contribution >= 0.6 is 15.9 Å². The fourth-order valence-corrected chi connectivity index (χ4v) is 3.02. The van der Waals surface area contributed by atoms with E-state index in [0.29, 0.717) is 12.0 Å². The van der Waals surface area contributed by atoms with E-state index in [0.717, 1.165) is 22.7 Å². The highest BCUT2D eigenvalue weighted by Crippen LogP contribution is 2.44. The second-order valence-corrected chi connectivity index (χ2v) is 6.03. The van der Waals surface area contributed by atoms with Crippen molar-refractivity contribution in [1.29, 1.82) is 0 Å². The molecule has 1 aromatic carbocycles. The minimum Gasteiger partial charge on any atom is -0.496 e. The number of ether oxygens (including phenoxy) is 1. The molecule has 0 spiro atoms. The van der Waals surface area contributed by atoms with Gasteiger partial charge in [-0.2, -0.15) is 0 Å². The summed E-state index contributed by atoms with van der Waals surface area (Å²) in [4.78, 5) is 0. The fraction of sp³-hybridized carbons (Fsp3) is 0.600. The zero-order valence-corrected chi connectivity index (χ0v) is 13.0. The third kappa shape index (κ3) is 3.07. The number of hydrogen-bond donors (Lipinski definition) is 1. The van der Waals surface area contributed by atoms with Crippen LogP contribution in [0.15, 0.2) is 22.7 Å². The van der Waals surface area contributed by atoms with Gasteiger partial charge in [0.2, 0.25) is 0 Å². The molecular weight excluding hydrogens is 290 g/mol. The molecule has 0 saturated heterocycles. The van der Waals surface area contributed by atoms with E-state index in [9.17, 15) is 0 Å². The van der Waals surface area contributed by atoms with Gasteiger partial charge < -0.3 is 10.1 Å². The van der Waals surface area contributed by atoms with Crippen LogP contribution in [0.1, 0.15) is 38.3 Å². The zero-order valence-electron chi connectivity index (χ0n) is 11.4. The molecule has 1 aromatic rings. The van der Waals surface area contributed by atoms with Crippen LogP contribution in [0.2, 0.25) is 0 Å². The van der Waals surface area contributed by atoms with Crippen LogP contribution in [-0.4, -0.2) is 13.7 Å². The highest BCUT2D eigenvalue weighted by atomic mass is 79.9. The molecule has 1 N–H and O–H groups in total. The number of halogens is 1. The maximum Gasteiger partial charge on any atom is 0.123 e. The summed E-state index contributed by atoms with van der Waals surface area (Å²) in [5, 5.41) is 3.62. The van der Waals surface area contributed by atoms with Crippen molar-refractivity contribution in [1.82, 2.24) is 5.32 Å². The predicted octanol–water partition coefficient (Wildman–Crippen LogP) is 4.15. The summed E-state index contributed by atoms with van der Waals surface area (Å²) >= 11 is 3.56. The van der Waals surface area contributed by atoms with Gasteiger partial charge in [-0.1, -0.05) is 29.8 Å². The molecule has 0 amide bonds. The van der Waals surface area contributed by atoms with Gasteiger partial charge in [0, 0.05) is 16.1 Å². The highest BCUT2D eigenvalue weighted by Gasteiger charge is 2.34. The molecule has 0 radical (unpaired) electrons. The first kappa shape index (κ1) is 13.9. The van der Waals surface area contributed by atoms with Crippen molar-refractivity contribution in [3.63, 3.8) is 0 Å². The molecule has 18 heavy (non-hydrogen) atoms. The molecule has 1 aliphatic rings. The number of nitrogens with one attached hydrogen (secondary N) is 1. The van der Waals surface area contributed by atoms with E-state index in [1.165, 1.54) is 18.4 Å². The van der Waals surface area contributed by atoms with Crippen molar-refractivity contribution in [2.24, 2.45) is 11.8 Å². The normalized spacial score (nSPS) is 18.4. The third-order valence-corrected chi connectivity index (χ3v) is 4.34. The first-order valence-electron chi connectivity index (χ1n) is 6.74. The van der Waals surface area contributed by atoms with Crippen LogP contribution in [0.3, 0.4) is 0 Å². The molecular formula is C15H22BrNO. The average Bonchev–Trinajstić information content (AvgIpc) is 3.19. The minimum atomic E-state index is 0.384. The standard InChI is InChI=1S/C15H22BrNO/c1-4-17-15(10(2)11-5-6-11)13-9-12(16)7-8-14(13)18-3/h7-11,15,17H,4-6H2,1-3H3. The Morgan fingerprint density at radius 2 is 2.17 bits per heavy atom. The Hall–Kier alpha value is -0.540. The first-order chi connectivity index (χ1) is 8.67. The van der Waals surface area contributed by atoms with Gasteiger partial charge in [-0.25, -0.2) is 0 Å². The molecule has 0 bridgehead atoms. The van der Waals surface area contributed by atoms with E-state index in [1.54, 1.807) is 7.11 Å². The molecule has 1 aliphatic carbocycles. The lowest BCUT2D eigenvalue weighted by atomic mass is 9.90. The van der Waals surface area contributed by atoms with Crippen molar-refractivity contribution in [3.05, 3.63) is 28.2 Å². The number of hydrogen-bond acceptors (Lipinski definition) is 2. The van der Waals surface area contributed by atoms with Crippen LogP contribution in [0, 0.1) is 11.8 Å². The molecule has 2 unspecified atom stereocenters. The van der Waals surface area contributed by atoms with E-state index in [2.05, 4.69) is 41.2 Å². The van der Waals surface area contributed by atoms with Gasteiger partial charge in [-0.15, -0.1) is 0 Å². The topological polar surface area (TPSA) is 21.3 Å². The van der Waals surface area contributed by atoms with Gasteiger partial charge in [0.05, 0.1) is 7.11 Å². The summed E-state index contributed by atoms with van der Waals surface area (Å²) < 4.78 is 6.63. The second kappa shape index (κ2) is 6.07. The van der Waals surface area contributed by atoms with Crippen molar-refractivity contribution in [2.45, 2.75) is 32.7 Å². The summed E-state index contributed by atoms with van der Waals surface area (Å²) in [5.41, 5.74) is 1.27. The lowest BCUT2D eigenvalue weighted by molar-refractivity contribution is 0.336. The van der Waals surface area contributed by atoms with Crippen molar-refractivity contribution >= 4 is 15.9 Å². The monoisotopic (exact) mass is 311 g/mol. The molecule has 2 rings (SSSR count). The van der Waals surface area contributed by atoms with Crippen molar-refractivity contribution < 1.29 is 4.74 Å². The summed E-state index contributed by atoms with van der Waals surface area (Å²) in [7, 11) is 1.75. The van der Waals surface area contributed by atoms with Crippen LogP contribution in [0.4, 0.5) is 0 Å². The molecule has 100 valence electrons. The van der Waals surface area contributed by atoms with Gasteiger partial charge in [-0.3, -0.25) is 0 Å². The zero-order chi connectivity index (χ0) is 13.1. The molecule has 0 aliphatic heterocycles. The highest BCUT2D eigenvalue weighted by molar-refractivity contribution is 9.10. The van der Waals surface area contributed by atoms with E-state index < -0.39 is 0 Å². The molecule has 1 fully saturated rings. The van der Waals surface area contributed by atoms with Gasteiger partial charge in [0.1, 0.15) is 5.75 Å². The van der Waals surface area contributed by atoms with Gasteiger partial charge >= 0.3 is 0 Å². The molecule has 1 saturated carbocycles. The van der Waals surface area contributed by atoms with Crippen LogP contribution in [0.5, 0.6) is 5.75 Å². The largest absolute Gasteiger partial charge is 0.496 e. The van der Waals surface area contributed by atoms with E-state index in [4.69, 9.17) is 4.74 Å². The Labute approximate surface area is 118 Å². The van der Waals surface area contributed by atoms with Gasteiger partial charge in [-0.05, 0) is 49.4 Å². The summed E-state index contributed by atoms with van der Waals surface area (Å²) in [6.07, 6.45) is 2.75. The van der Waals surface area contributed by atoms with E-state index in [-0.39, 0.29) is 0 Å². The SMILES string of the molecule is CCNC(c1cc(Br)ccc1OC)C(C)C1CC1. The smallest absolute Gasteiger partial charge is 0.123 e. The maximum atomic E-state index is 5.52. The first-order valence-corrected chi connectivity index (χ1v) is 7.53. The number of benzene rings is 1. The Balaban J connectivity index is 2.30. The van der Waals surface area contributed by atoms with E-state index >= 15 is 0 Å². The summed E-state index contributed by atoms with van der Waals surface area (Å²) in [5.74, 6) is 2.52. The Morgan fingerprint density at radius 1 is 1.44 bits per heavy atom. The Bertz CT molecular complexity index is 403. The number of methoxy groups -OCH3 is 1. The number of rotatable bonds is 6. The molecule has 2 atom stereocenters. The maximum absolute atomic E-state index is 5.52. The lowest BCUT2D eigenvalue weighted by Gasteiger charge is -2.27. The molecule has 3 heteroatoms. The van der Waals surface area contributed by atoms with Crippen molar-refractivity contribution in [2.75, 3.05) is 13.7 Å². The lowest BCUT2D eigenvalue weighted by Crippen LogP contribution is -2.28. The van der Waals surface area contributed by atoms with Crippen LogP contribution < -0.4 is 10.1 Å². The van der Waals surface area contributed by atoms with Crippen molar-refractivity contribution in [3.8, 4) is 5.75 Å². The molecule has 2 nitrogen and oxygen atoms in total. The van der Waals surface area contributed by atoms with E-state index in [1.807, 2.05) is 12.1 Å². The average molecular weight is 312 g/mol. The van der Waals surface area contributed by atoms with Gasteiger partial charge in [0.25, 0.3) is 0 Å². The molecule has 0 aromatic heterocycles. The van der Waals surface area contributed by atoms with Crippen LogP contribution in [0.25, 0.3) is 0 Å². The minimum absolute atomic E-state index is 0.384. The van der Waals surface area contributed by atoms with Crippen LogP contribution in [-0.2, 0) is 0 Å². The summed E-state index contributed by atoms with van der Waals surface area (Å²) in [6, 6.07) is 6.65. The quantitative estimate of drug-likeness (QED) is 0.852. The Kier molecular flexibility index (Phi) is 4.68.